The maximum atomic E-state index is 11.6. The minimum Gasteiger partial charge on any atom is -0.444 e. The van der Waals surface area contributed by atoms with E-state index in [-0.39, 0.29) is 5.91 Å². The lowest BCUT2D eigenvalue weighted by atomic mass is 10.2. The van der Waals surface area contributed by atoms with E-state index in [1.807, 2.05) is 0 Å². The number of ether oxygens (including phenoxy) is 1. The molecule has 2 N–H and O–H groups in total. The molecule has 114 valence electrons. The molecule has 1 aromatic rings. The van der Waals surface area contributed by atoms with E-state index in [0.717, 1.165) is 0 Å². The Hall–Kier alpha value is -2.30. The smallest absolute Gasteiger partial charge is 0.412 e. The van der Waals surface area contributed by atoms with Crippen LogP contribution in [0.25, 0.3) is 0 Å². The van der Waals surface area contributed by atoms with Gasteiger partial charge in [0, 0.05) is 17.8 Å². The molecule has 0 bridgehead atoms. The molecule has 0 aromatic heterocycles. The van der Waals surface area contributed by atoms with Gasteiger partial charge in [-0.15, -0.1) is 6.58 Å². The third-order valence-electron chi connectivity index (χ3n) is 2.39. The summed E-state index contributed by atoms with van der Waals surface area (Å²) in [6.45, 7) is 8.97. The molecule has 5 nitrogen and oxygen atoms in total. The van der Waals surface area contributed by atoms with Gasteiger partial charge in [-0.25, -0.2) is 4.79 Å². The van der Waals surface area contributed by atoms with Gasteiger partial charge < -0.3 is 10.1 Å². The highest BCUT2D eigenvalue weighted by Gasteiger charge is 2.16. The molecule has 1 rings (SSSR count). The number of anilines is 2. The number of benzene rings is 1. The second kappa shape index (κ2) is 7.47. The van der Waals surface area contributed by atoms with Gasteiger partial charge in [0.25, 0.3) is 0 Å². The summed E-state index contributed by atoms with van der Waals surface area (Å²) in [7, 11) is 0. The van der Waals surface area contributed by atoms with E-state index in [0.29, 0.717) is 24.2 Å². The van der Waals surface area contributed by atoms with Gasteiger partial charge in [0.15, 0.2) is 0 Å². The van der Waals surface area contributed by atoms with Crippen LogP contribution in [0, 0.1) is 0 Å². The van der Waals surface area contributed by atoms with Crippen molar-refractivity contribution < 1.29 is 14.3 Å². The Morgan fingerprint density at radius 1 is 1.14 bits per heavy atom. The Balaban J connectivity index is 2.52. The lowest BCUT2D eigenvalue weighted by Gasteiger charge is -2.19. The monoisotopic (exact) mass is 290 g/mol. The Morgan fingerprint density at radius 2 is 1.67 bits per heavy atom. The van der Waals surface area contributed by atoms with Crippen LogP contribution in [0.15, 0.2) is 36.9 Å². The molecular formula is C16H22N2O3. The van der Waals surface area contributed by atoms with Crippen LogP contribution in [0.1, 0.15) is 33.6 Å². The molecule has 21 heavy (non-hydrogen) atoms. The van der Waals surface area contributed by atoms with Crippen LogP contribution in [0.2, 0.25) is 0 Å². The first-order valence-corrected chi connectivity index (χ1v) is 6.81. The van der Waals surface area contributed by atoms with Gasteiger partial charge in [-0.3, -0.25) is 10.1 Å². The number of rotatable bonds is 5. The number of allylic oxidation sites excluding steroid dienone is 1. The molecule has 0 fully saturated rings. The number of carbonyl (C=O) groups excluding carboxylic acids is 2. The summed E-state index contributed by atoms with van der Waals surface area (Å²) in [6.07, 6.45) is 2.24. The van der Waals surface area contributed by atoms with Crippen LogP contribution >= 0.6 is 0 Å². The van der Waals surface area contributed by atoms with E-state index in [9.17, 15) is 9.59 Å². The fraction of sp³-hybridized carbons (Fsp3) is 0.375. The van der Waals surface area contributed by atoms with E-state index in [1.54, 1.807) is 51.1 Å². The predicted octanol–water partition coefficient (Wildman–Crippen LogP) is 3.94. The lowest BCUT2D eigenvalue weighted by molar-refractivity contribution is -0.116. The first kappa shape index (κ1) is 16.8. The Kier molecular flexibility index (Phi) is 5.96. The van der Waals surface area contributed by atoms with E-state index >= 15 is 0 Å². The molecule has 0 aliphatic heterocycles. The SMILES string of the molecule is C=CCCC(=O)Nc1ccc(NC(=O)OC(C)(C)C)cc1. The zero-order chi connectivity index (χ0) is 15.9. The number of hydrogen-bond acceptors (Lipinski definition) is 3. The average molecular weight is 290 g/mol. The van der Waals surface area contributed by atoms with Crippen molar-refractivity contribution in [1.82, 2.24) is 0 Å². The maximum absolute atomic E-state index is 11.6. The van der Waals surface area contributed by atoms with E-state index in [1.165, 1.54) is 0 Å². The van der Waals surface area contributed by atoms with Crippen LogP contribution in [-0.2, 0) is 9.53 Å². The van der Waals surface area contributed by atoms with E-state index < -0.39 is 11.7 Å². The molecule has 0 spiro atoms. The van der Waals surface area contributed by atoms with Crippen molar-refractivity contribution in [3.05, 3.63) is 36.9 Å². The highest BCUT2D eigenvalue weighted by atomic mass is 16.6. The number of hydrogen-bond donors (Lipinski definition) is 2. The van der Waals surface area contributed by atoms with Crippen molar-refractivity contribution >= 4 is 23.4 Å². The quantitative estimate of drug-likeness (QED) is 0.807. The van der Waals surface area contributed by atoms with Crippen LogP contribution in [0.5, 0.6) is 0 Å². The summed E-state index contributed by atoms with van der Waals surface area (Å²) < 4.78 is 5.15. The van der Waals surface area contributed by atoms with Gasteiger partial charge >= 0.3 is 6.09 Å². The number of amides is 2. The molecular weight excluding hydrogens is 268 g/mol. The normalized spacial score (nSPS) is 10.6. The fourth-order valence-electron chi connectivity index (χ4n) is 1.51. The average Bonchev–Trinajstić information content (AvgIpc) is 2.36. The third kappa shape index (κ3) is 7.15. The molecule has 0 aliphatic carbocycles. The van der Waals surface area contributed by atoms with Crippen LogP contribution in [-0.4, -0.2) is 17.6 Å². The summed E-state index contributed by atoms with van der Waals surface area (Å²) in [4.78, 5) is 23.1. The predicted molar refractivity (Wildman–Crippen MR) is 84.4 cm³/mol. The fourth-order valence-corrected chi connectivity index (χ4v) is 1.51. The topological polar surface area (TPSA) is 67.4 Å². The van der Waals surface area contributed by atoms with Crippen molar-refractivity contribution in [3.63, 3.8) is 0 Å². The molecule has 5 heteroatoms. The molecule has 0 atom stereocenters. The highest BCUT2D eigenvalue weighted by Crippen LogP contribution is 2.15. The van der Waals surface area contributed by atoms with E-state index in [4.69, 9.17) is 4.74 Å². The minimum atomic E-state index is -0.539. The van der Waals surface area contributed by atoms with Crippen molar-refractivity contribution in [1.29, 1.82) is 0 Å². The molecule has 1 aromatic carbocycles. The number of carbonyl (C=O) groups is 2. The van der Waals surface area contributed by atoms with Gasteiger partial charge in [-0.1, -0.05) is 6.08 Å². The lowest BCUT2D eigenvalue weighted by Crippen LogP contribution is -2.27. The molecule has 0 aliphatic rings. The maximum Gasteiger partial charge on any atom is 0.412 e. The van der Waals surface area contributed by atoms with E-state index in [2.05, 4.69) is 17.2 Å². The minimum absolute atomic E-state index is 0.0669. The zero-order valence-electron chi connectivity index (χ0n) is 12.7. The van der Waals surface area contributed by atoms with Gasteiger partial charge in [0.05, 0.1) is 0 Å². The van der Waals surface area contributed by atoms with Crippen molar-refractivity contribution in [2.45, 2.75) is 39.2 Å². The Bertz CT molecular complexity index is 501. The number of nitrogens with one attached hydrogen (secondary N) is 2. The second-order valence-corrected chi connectivity index (χ2v) is 5.58. The largest absolute Gasteiger partial charge is 0.444 e. The van der Waals surface area contributed by atoms with Crippen LogP contribution in [0.3, 0.4) is 0 Å². The van der Waals surface area contributed by atoms with Crippen molar-refractivity contribution in [3.8, 4) is 0 Å². The molecule has 0 saturated heterocycles. The molecule has 0 radical (unpaired) electrons. The standard InChI is InChI=1S/C16H22N2O3/c1-5-6-7-14(19)17-12-8-10-13(11-9-12)18-15(20)21-16(2,3)4/h5,8-11H,1,6-7H2,2-4H3,(H,17,19)(H,18,20). The Labute approximate surface area is 125 Å². The first-order valence-electron chi connectivity index (χ1n) is 6.81. The zero-order valence-corrected chi connectivity index (χ0v) is 12.7. The van der Waals surface area contributed by atoms with Crippen molar-refractivity contribution in [2.24, 2.45) is 0 Å². The summed E-state index contributed by atoms with van der Waals surface area (Å²) >= 11 is 0. The third-order valence-corrected chi connectivity index (χ3v) is 2.39. The highest BCUT2D eigenvalue weighted by molar-refractivity contribution is 5.91. The summed E-state index contributed by atoms with van der Waals surface area (Å²) in [6, 6.07) is 6.84. The van der Waals surface area contributed by atoms with Crippen LogP contribution in [0.4, 0.5) is 16.2 Å². The van der Waals surface area contributed by atoms with Gasteiger partial charge in [0.1, 0.15) is 5.60 Å². The van der Waals surface area contributed by atoms with Crippen LogP contribution < -0.4 is 10.6 Å². The second-order valence-electron chi connectivity index (χ2n) is 5.58. The molecule has 0 heterocycles. The molecule has 0 saturated carbocycles. The summed E-state index contributed by atoms with van der Waals surface area (Å²) in [5, 5.41) is 5.39. The Morgan fingerprint density at radius 3 is 2.14 bits per heavy atom. The van der Waals surface area contributed by atoms with Gasteiger partial charge in [-0.05, 0) is 51.5 Å². The summed E-state index contributed by atoms with van der Waals surface area (Å²) in [5.74, 6) is -0.0669. The summed E-state index contributed by atoms with van der Waals surface area (Å²) in [5.41, 5.74) is 0.746. The van der Waals surface area contributed by atoms with Gasteiger partial charge in [0.2, 0.25) is 5.91 Å². The van der Waals surface area contributed by atoms with Gasteiger partial charge in [-0.2, -0.15) is 0 Å². The first-order chi connectivity index (χ1) is 9.80. The van der Waals surface area contributed by atoms with Crippen molar-refractivity contribution in [2.75, 3.05) is 10.6 Å². The molecule has 2 amide bonds. The molecule has 0 unspecified atom stereocenters.